The van der Waals surface area contributed by atoms with E-state index in [9.17, 15) is 13.2 Å². The minimum Gasteiger partial charge on any atom is -0.369 e. The zero-order valence-electron chi connectivity index (χ0n) is 17.0. The maximum atomic E-state index is 12.7. The molecule has 0 atom stereocenters. The Hall–Kier alpha value is -1.06. The van der Waals surface area contributed by atoms with Crippen LogP contribution < -0.4 is 10.2 Å². The average Bonchev–Trinajstić information content (AvgIpc) is 2.68. The summed E-state index contributed by atoms with van der Waals surface area (Å²) in [4.78, 5) is 16.4. The molecule has 1 aromatic carbocycles. The van der Waals surface area contributed by atoms with Gasteiger partial charge >= 0.3 is 0 Å². The Balaban J connectivity index is 0.00000210. The first kappa shape index (κ1) is 26.0. The number of nitrogens with one attached hydrogen (secondary N) is 1. The molecular formula is C19H32Cl2N4O3S. The maximum absolute atomic E-state index is 12.7. The molecule has 2 aliphatic rings. The zero-order valence-corrected chi connectivity index (χ0v) is 19.5. The van der Waals surface area contributed by atoms with Crippen molar-refractivity contribution in [3.63, 3.8) is 0 Å². The van der Waals surface area contributed by atoms with Gasteiger partial charge in [0.25, 0.3) is 0 Å². The van der Waals surface area contributed by atoms with Gasteiger partial charge in [-0.3, -0.25) is 4.79 Å². The van der Waals surface area contributed by atoms with Crippen LogP contribution in [0.5, 0.6) is 0 Å². The van der Waals surface area contributed by atoms with Crippen molar-refractivity contribution in [2.75, 3.05) is 57.0 Å². The van der Waals surface area contributed by atoms with E-state index < -0.39 is 15.8 Å². The van der Waals surface area contributed by atoms with Crippen LogP contribution in [0.15, 0.2) is 24.3 Å². The molecule has 29 heavy (non-hydrogen) atoms. The van der Waals surface area contributed by atoms with Crippen LogP contribution in [0.2, 0.25) is 0 Å². The second-order valence-corrected chi connectivity index (χ2v) is 9.39. The number of hydrogen-bond acceptors (Lipinski definition) is 5. The molecule has 2 heterocycles. The van der Waals surface area contributed by atoms with Crippen molar-refractivity contribution in [3.05, 3.63) is 29.8 Å². The van der Waals surface area contributed by atoms with Crippen LogP contribution in [0.3, 0.4) is 0 Å². The van der Waals surface area contributed by atoms with Crippen LogP contribution in [-0.2, 0) is 14.8 Å². The summed E-state index contributed by atoms with van der Waals surface area (Å²) < 4.78 is 26.9. The third kappa shape index (κ3) is 6.72. The topological polar surface area (TPSA) is 73.0 Å². The van der Waals surface area contributed by atoms with E-state index in [0.29, 0.717) is 45.3 Å². The van der Waals surface area contributed by atoms with Crippen LogP contribution in [-0.4, -0.2) is 81.6 Å². The number of hydrogen-bond donors (Lipinski definition) is 1. The van der Waals surface area contributed by atoms with Gasteiger partial charge in [-0.2, -0.15) is 4.31 Å². The molecule has 0 spiro atoms. The summed E-state index contributed by atoms with van der Waals surface area (Å²) in [5, 5.41) is 3.22. The highest BCUT2D eigenvalue weighted by Crippen LogP contribution is 2.19. The van der Waals surface area contributed by atoms with E-state index in [1.807, 2.05) is 13.1 Å². The molecule has 3 rings (SSSR count). The Morgan fingerprint density at radius 1 is 1.07 bits per heavy atom. The molecule has 1 aromatic rings. The van der Waals surface area contributed by atoms with E-state index in [4.69, 9.17) is 0 Å². The average molecular weight is 467 g/mol. The van der Waals surface area contributed by atoms with E-state index in [0.717, 1.165) is 18.5 Å². The lowest BCUT2D eigenvalue weighted by atomic mass is 10.1. The van der Waals surface area contributed by atoms with Gasteiger partial charge in [-0.05, 0) is 44.5 Å². The summed E-state index contributed by atoms with van der Waals surface area (Å²) in [6, 6.07) is 8.65. The van der Waals surface area contributed by atoms with Gasteiger partial charge in [0.05, 0.1) is 0 Å². The number of piperazine rings is 1. The number of rotatable bonds is 5. The van der Waals surface area contributed by atoms with Crippen LogP contribution in [0.1, 0.15) is 18.4 Å². The number of amides is 1. The first-order valence-electron chi connectivity index (χ1n) is 9.63. The number of halogens is 2. The van der Waals surface area contributed by atoms with Crippen molar-refractivity contribution in [2.45, 2.75) is 25.8 Å². The number of piperidine rings is 1. The molecule has 2 saturated heterocycles. The summed E-state index contributed by atoms with van der Waals surface area (Å²) in [6.07, 6.45) is 1.74. The van der Waals surface area contributed by atoms with Gasteiger partial charge < -0.3 is 15.1 Å². The molecule has 166 valence electrons. The molecule has 10 heteroatoms. The second kappa shape index (κ2) is 11.4. The predicted molar refractivity (Wildman–Crippen MR) is 122 cm³/mol. The molecule has 0 radical (unpaired) electrons. The third-order valence-electron chi connectivity index (χ3n) is 5.56. The van der Waals surface area contributed by atoms with Gasteiger partial charge in [0.2, 0.25) is 15.9 Å². The molecule has 1 N–H and O–H groups in total. The third-order valence-corrected chi connectivity index (χ3v) is 7.32. The Bertz CT molecular complexity index is 762. The van der Waals surface area contributed by atoms with Gasteiger partial charge in [-0.1, -0.05) is 12.1 Å². The quantitative estimate of drug-likeness (QED) is 0.711. The van der Waals surface area contributed by atoms with E-state index in [1.54, 1.807) is 4.90 Å². The van der Waals surface area contributed by atoms with Gasteiger partial charge in [0, 0.05) is 51.0 Å². The van der Waals surface area contributed by atoms with Crippen LogP contribution >= 0.6 is 24.8 Å². The smallest absolute Gasteiger partial charge is 0.239 e. The number of aryl methyl sites for hydroxylation is 1. The number of nitrogens with zero attached hydrogens (tertiary/aromatic N) is 3. The van der Waals surface area contributed by atoms with Crippen molar-refractivity contribution < 1.29 is 13.2 Å². The van der Waals surface area contributed by atoms with Crippen molar-refractivity contribution >= 4 is 46.4 Å². The SMILES string of the molecule is CNC1CCN(C(=O)CS(=O)(=O)N2CCN(c3cccc(C)c3)CC2)CC1.Cl.Cl. The lowest BCUT2D eigenvalue weighted by Gasteiger charge is -2.36. The number of carbonyl (C=O) groups is 1. The monoisotopic (exact) mass is 466 g/mol. The van der Waals surface area contributed by atoms with Crippen molar-refractivity contribution in [1.29, 1.82) is 0 Å². The number of sulfonamides is 1. The maximum Gasteiger partial charge on any atom is 0.239 e. The number of benzene rings is 1. The summed E-state index contributed by atoms with van der Waals surface area (Å²) in [7, 11) is -1.65. The Morgan fingerprint density at radius 3 is 2.24 bits per heavy atom. The first-order valence-corrected chi connectivity index (χ1v) is 11.2. The number of anilines is 1. The van der Waals surface area contributed by atoms with Gasteiger partial charge in [0.1, 0.15) is 5.75 Å². The zero-order chi connectivity index (χ0) is 19.4. The molecule has 0 unspecified atom stereocenters. The van der Waals surface area contributed by atoms with Crippen molar-refractivity contribution in [2.24, 2.45) is 0 Å². The van der Waals surface area contributed by atoms with E-state index in [-0.39, 0.29) is 30.7 Å². The highest BCUT2D eigenvalue weighted by molar-refractivity contribution is 7.89. The van der Waals surface area contributed by atoms with Gasteiger partial charge in [-0.25, -0.2) is 8.42 Å². The molecular weight excluding hydrogens is 435 g/mol. The minimum absolute atomic E-state index is 0. The number of carbonyl (C=O) groups excluding carboxylic acids is 1. The molecule has 0 aromatic heterocycles. The van der Waals surface area contributed by atoms with E-state index >= 15 is 0 Å². The van der Waals surface area contributed by atoms with Crippen LogP contribution in [0, 0.1) is 6.92 Å². The Morgan fingerprint density at radius 2 is 1.69 bits per heavy atom. The van der Waals surface area contributed by atoms with Crippen LogP contribution in [0.4, 0.5) is 5.69 Å². The lowest BCUT2D eigenvalue weighted by Crippen LogP contribution is -2.52. The minimum atomic E-state index is -3.56. The fraction of sp³-hybridized carbons (Fsp3) is 0.632. The first-order chi connectivity index (χ1) is 12.9. The Labute approximate surface area is 186 Å². The molecule has 2 aliphatic heterocycles. The normalized spacial score (nSPS) is 18.7. The van der Waals surface area contributed by atoms with E-state index in [2.05, 4.69) is 35.3 Å². The molecule has 0 bridgehead atoms. The Kier molecular flexibility index (Phi) is 10.2. The summed E-state index contributed by atoms with van der Waals surface area (Å²) in [5.41, 5.74) is 2.31. The molecule has 7 nitrogen and oxygen atoms in total. The predicted octanol–water partition coefficient (Wildman–Crippen LogP) is 1.50. The molecule has 1 amide bonds. The summed E-state index contributed by atoms with van der Waals surface area (Å²) >= 11 is 0. The van der Waals surface area contributed by atoms with E-state index in [1.165, 1.54) is 9.87 Å². The largest absolute Gasteiger partial charge is 0.369 e. The number of likely N-dealkylation sites (tertiary alicyclic amines) is 1. The fourth-order valence-electron chi connectivity index (χ4n) is 3.81. The lowest BCUT2D eigenvalue weighted by molar-refractivity contribution is -0.129. The van der Waals surface area contributed by atoms with Crippen molar-refractivity contribution in [3.8, 4) is 0 Å². The van der Waals surface area contributed by atoms with Gasteiger partial charge in [0.15, 0.2) is 0 Å². The summed E-state index contributed by atoms with van der Waals surface area (Å²) in [6.45, 7) is 5.43. The van der Waals surface area contributed by atoms with Crippen LogP contribution in [0.25, 0.3) is 0 Å². The highest BCUT2D eigenvalue weighted by Gasteiger charge is 2.31. The highest BCUT2D eigenvalue weighted by atomic mass is 35.5. The van der Waals surface area contributed by atoms with Gasteiger partial charge in [-0.15, -0.1) is 24.8 Å². The second-order valence-electron chi connectivity index (χ2n) is 7.43. The standard InChI is InChI=1S/C19H30N4O3S.2ClH/c1-16-4-3-5-18(14-16)21-10-12-23(13-11-21)27(25,26)15-19(24)22-8-6-17(20-2)7-9-22;;/h3-5,14,17,20H,6-13,15H2,1-2H3;2*1H. The molecule has 0 saturated carbocycles. The fourth-order valence-corrected chi connectivity index (χ4v) is 5.20. The summed E-state index contributed by atoms with van der Waals surface area (Å²) in [5.74, 6) is -0.688. The van der Waals surface area contributed by atoms with Crippen molar-refractivity contribution in [1.82, 2.24) is 14.5 Å². The molecule has 0 aliphatic carbocycles. The molecule has 2 fully saturated rings.